The van der Waals surface area contributed by atoms with Gasteiger partial charge < -0.3 is 31.1 Å². The summed E-state index contributed by atoms with van der Waals surface area (Å²) >= 11 is 0. The summed E-state index contributed by atoms with van der Waals surface area (Å²) in [5.41, 5.74) is 10.7. The number of aliphatic carboxylic acids is 1. The molecule has 0 spiro atoms. The van der Waals surface area contributed by atoms with Gasteiger partial charge in [0, 0.05) is 19.3 Å². The normalized spacial score (nSPS) is 12.2. The lowest BCUT2D eigenvalue weighted by molar-refractivity contribution is -0.152. The van der Waals surface area contributed by atoms with Crippen molar-refractivity contribution in [3.8, 4) is 0 Å². The van der Waals surface area contributed by atoms with Crippen LogP contribution in [0.15, 0.2) is 17.1 Å². The van der Waals surface area contributed by atoms with Crippen molar-refractivity contribution in [2.45, 2.75) is 12.6 Å². The van der Waals surface area contributed by atoms with E-state index < -0.39 is 30.1 Å². The number of hydrogen-bond acceptors (Lipinski definition) is 7. The number of nitrogens with one attached hydrogen (secondary N) is 1. The number of carbonyl (C=O) groups is 2. The Labute approximate surface area is 135 Å². The Morgan fingerprint density at radius 1 is 1.46 bits per heavy atom. The molecule has 0 radical (unpaired) electrons. The van der Waals surface area contributed by atoms with Crippen molar-refractivity contribution < 1.29 is 19.8 Å². The Hall–Kier alpha value is -2.92. The van der Waals surface area contributed by atoms with E-state index >= 15 is 0 Å². The highest BCUT2D eigenvalue weighted by atomic mass is 16.4. The highest BCUT2D eigenvalue weighted by molar-refractivity contribution is 5.85. The summed E-state index contributed by atoms with van der Waals surface area (Å²) in [6.45, 7) is -1.01. The number of H-pyrrole nitrogens is 1. The maximum atomic E-state index is 12.4. The van der Waals surface area contributed by atoms with Crippen LogP contribution in [0.5, 0.6) is 0 Å². The molecule has 0 aliphatic rings. The van der Waals surface area contributed by atoms with Crippen molar-refractivity contribution in [3.63, 3.8) is 0 Å². The van der Waals surface area contributed by atoms with Gasteiger partial charge in [-0.05, 0) is 6.07 Å². The van der Waals surface area contributed by atoms with Crippen LogP contribution >= 0.6 is 0 Å². The Balaban J connectivity index is 2.33. The number of amides is 1. The van der Waals surface area contributed by atoms with E-state index in [0.717, 1.165) is 4.90 Å². The standard InChI is InChI=1S/C13H18N6O5/c14-2-4-19(8(6-20)12(23)24)9(21)5-18-3-1-7-10(18)16-13(15)17-11(7)22/h1,3,8,20H,2,4-6,14H2,(H,23,24)(H3,15,16,17,22)/t8-/m1/s1. The predicted molar refractivity (Wildman–Crippen MR) is 84.0 cm³/mol. The van der Waals surface area contributed by atoms with Crippen LogP contribution in [0.4, 0.5) is 5.95 Å². The number of carboxylic acids is 1. The largest absolute Gasteiger partial charge is 0.480 e. The molecule has 0 saturated carbocycles. The molecular formula is C13H18N6O5. The van der Waals surface area contributed by atoms with E-state index in [0.29, 0.717) is 0 Å². The van der Waals surface area contributed by atoms with Crippen molar-refractivity contribution in [3.05, 3.63) is 22.6 Å². The summed E-state index contributed by atoms with van der Waals surface area (Å²) < 4.78 is 1.38. The summed E-state index contributed by atoms with van der Waals surface area (Å²) in [5.74, 6) is -2.02. The smallest absolute Gasteiger partial charge is 0.328 e. The van der Waals surface area contributed by atoms with E-state index in [9.17, 15) is 19.5 Å². The van der Waals surface area contributed by atoms with Gasteiger partial charge in [0.05, 0.1) is 12.0 Å². The quantitative estimate of drug-likeness (QED) is 0.368. The molecule has 0 aliphatic heterocycles. The Kier molecular flexibility index (Phi) is 5.16. The van der Waals surface area contributed by atoms with Crippen LogP contribution in [-0.2, 0) is 16.1 Å². The number of nitrogens with two attached hydrogens (primary N) is 2. The van der Waals surface area contributed by atoms with Gasteiger partial charge in [-0.15, -0.1) is 0 Å². The van der Waals surface area contributed by atoms with Crippen molar-refractivity contribution in [1.29, 1.82) is 0 Å². The molecule has 2 heterocycles. The molecule has 130 valence electrons. The molecule has 0 aromatic carbocycles. The van der Waals surface area contributed by atoms with Gasteiger partial charge in [-0.3, -0.25) is 14.6 Å². The average Bonchev–Trinajstić information content (AvgIpc) is 2.90. The van der Waals surface area contributed by atoms with Gasteiger partial charge in [-0.2, -0.15) is 4.98 Å². The molecular weight excluding hydrogens is 320 g/mol. The molecule has 1 atom stereocenters. The van der Waals surface area contributed by atoms with E-state index in [-0.39, 0.29) is 36.6 Å². The van der Waals surface area contributed by atoms with E-state index in [1.165, 1.54) is 16.8 Å². The number of aliphatic hydroxyl groups is 1. The fraction of sp³-hybridized carbons (Fsp3) is 0.385. The van der Waals surface area contributed by atoms with Crippen LogP contribution in [-0.4, -0.2) is 67.3 Å². The van der Waals surface area contributed by atoms with Gasteiger partial charge in [0.25, 0.3) is 5.56 Å². The Morgan fingerprint density at radius 3 is 2.75 bits per heavy atom. The molecule has 0 aliphatic carbocycles. The first kappa shape index (κ1) is 17.4. The van der Waals surface area contributed by atoms with Crippen LogP contribution in [0.25, 0.3) is 11.0 Å². The minimum Gasteiger partial charge on any atom is -0.480 e. The number of fused-ring (bicyclic) bond motifs is 1. The zero-order chi connectivity index (χ0) is 17.9. The van der Waals surface area contributed by atoms with Gasteiger partial charge in [-0.1, -0.05) is 0 Å². The second kappa shape index (κ2) is 7.10. The molecule has 1 amide bonds. The fourth-order valence-corrected chi connectivity index (χ4v) is 2.36. The fourth-order valence-electron chi connectivity index (χ4n) is 2.36. The zero-order valence-electron chi connectivity index (χ0n) is 12.7. The SMILES string of the molecule is NCCN(C(=O)Cn1ccc2c(=O)[nH]c(N)nc21)[C@H](CO)C(=O)O. The number of carboxylic acid groups (broad SMARTS) is 1. The minimum atomic E-state index is -1.40. The van der Waals surface area contributed by atoms with E-state index in [1.807, 2.05) is 0 Å². The van der Waals surface area contributed by atoms with E-state index in [1.54, 1.807) is 0 Å². The van der Waals surface area contributed by atoms with Crippen LogP contribution in [0.3, 0.4) is 0 Å². The number of aliphatic hydroxyl groups excluding tert-OH is 1. The summed E-state index contributed by atoms with van der Waals surface area (Å²) in [5, 5.41) is 18.6. The van der Waals surface area contributed by atoms with Crippen LogP contribution in [0, 0.1) is 0 Å². The van der Waals surface area contributed by atoms with Crippen molar-refractivity contribution in [1.82, 2.24) is 19.4 Å². The number of rotatable bonds is 7. The molecule has 2 rings (SSSR count). The molecule has 0 unspecified atom stereocenters. The summed E-state index contributed by atoms with van der Waals surface area (Å²) in [6.07, 6.45) is 1.47. The van der Waals surface area contributed by atoms with Crippen molar-refractivity contribution in [2.75, 3.05) is 25.4 Å². The Bertz CT molecular complexity index is 813. The first-order valence-electron chi connectivity index (χ1n) is 7.06. The number of hydrogen-bond donors (Lipinski definition) is 5. The lowest BCUT2D eigenvalue weighted by atomic mass is 10.2. The molecule has 0 saturated heterocycles. The summed E-state index contributed by atoms with van der Waals surface area (Å²) in [7, 11) is 0. The van der Waals surface area contributed by atoms with Crippen LogP contribution in [0.1, 0.15) is 0 Å². The lowest BCUT2D eigenvalue weighted by Crippen LogP contribution is -2.50. The molecule has 11 heteroatoms. The van der Waals surface area contributed by atoms with Gasteiger partial charge in [0.15, 0.2) is 6.04 Å². The molecule has 0 bridgehead atoms. The predicted octanol–water partition coefficient (Wildman–Crippen LogP) is -2.46. The highest BCUT2D eigenvalue weighted by Gasteiger charge is 2.28. The van der Waals surface area contributed by atoms with E-state index in [2.05, 4.69) is 9.97 Å². The third-order valence-electron chi connectivity index (χ3n) is 3.48. The van der Waals surface area contributed by atoms with Crippen molar-refractivity contribution in [2.24, 2.45) is 5.73 Å². The third kappa shape index (κ3) is 3.36. The molecule has 2 aromatic rings. The first-order chi connectivity index (χ1) is 11.4. The second-order valence-electron chi connectivity index (χ2n) is 5.04. The zero-order valence-corrected chi connectivity index (χ0v) is 12.7. The number of nitrogens with zero attached hydrogens (tertiary/aromatic N) is 3. The van der Waals surface area contributed by atoms with Crippen LogP contribution in [0.2, 0.25) is 0 Å². The second-order valence-corrected chi connectivity index (χ2v) is 5.04. The average molecular weight is 338 g/mol. The van der Waals surface area contributed by atoms with Gasteiger partial charge in [0.2, 0.25) is 11.9 Å². The lowest BCUT2D eigenvalue weighted by Gasteiger charge is -2.27. The van der Waals surface area contributed by atoms with E-state index in [4.69, 9.17) is 16.6 Å². The number of aromatic nitrogens is 3. The van der Waals surface area contributed by atoms with Crippen LogP contribution < -0.4 is 17.0 Å². The maximum Gasteiger partial charge on any atom is 0.328 e. The molecule has 7 N–H and O–H groups in total. The monoisotopic (exact) mass is 338 g/mol. The molecule has 24 heavy (non-hydrogen) atoms. The summed E-state index contributed by atoms with van der Waals surface area (Å²) in [4.78, 5) is 42.7. The first-order valence-corrected chi connectivity index (χ1v) is 7.06. The van der Waals surface area contributed by atoms with Gasteiger partial charge in [-0.25, -0.2) is 4.79 Å². The number of anilines is 1. The Morgan fingerprint density at radius 2 is 2.17 bits per heavy atom. The molecule has 11 nitrogen and oxygen atoms in total. The topological polar surface area (TPSA) is 181 Å². The van der Waals surface area contributed by atoms with Gasteiger partial charge in [0.1, 0.15) is 12.2 Å². The maximum absolute atomic E-state index is 12.4. The highest BCUT2D eigenvalue weighted by Crippen LogP contribution is 2.11. The van der Waals surface area contributed by atoms with Gasteiger partial charge >= 0.3 is 5.97 Å². The molecule has 2 aromatic heterocycles. The number of aromatic amines is 1. The number of nitrogen functional groups attached to an aromatic ring is 1. The minimum absolute atomic E-state index is 0.0345. The molecule has 0 fully saturated rings. The third-order valence-corrected chi connectivity index (χ3v) is 3.48. The summed E-state index contributed by atoms with van der Waals surface area (Å²) in [6, 6.07) is 0.0753. The number of carbonyl (C=O) groups excluding carboxylic acids is 1. The van der Waals surface area contributed by atoms with Crippen molar-refractivity contribution >= 4 is 28.9 Å².